The zero-order chi connectivity index (χ0) is 18.1. The second-order valence-electron chi connectivity index (χ2n) is 9.18. The van der Waals surface area contributed by atoms with Gasteiger partial charge < -0.3 is 0 Å². The maximum absolute atomic E-state index is 3.11. The molecule has 4 unspecified atom stereocenters. The fraction of sp³-hybridized carbons (Fsp3) is 1.00. The summed E-state index contributed by atoms with van der Waals surface area (Å²) in [6, 6.07) is 0. The van der Waals surface area contributed by atoms with E-state index in [4.69, 9.17) is 0 Å². The molecule has 5 atom stereocenters. The minimum Gasteiger partial charge on any atom is -0.134 e. The Morgan fingerprint density at radius 3 is 1.78 bits per heavy atom. The summed E-state index contributed by atoms with van der Waals surface area (Å²) in [7, 11) is 3.11. The van der Waals surface area contributed by atoms with E-state index in [-0.39, 0.29) is 0 Å². The summed E-state index contributed by atoms with van der Waals surface area (Å²) in [5.74, 6) is 1.86. The van der Waals surface area contributed by atoms with Gasteiger partial charge in [0.25, 0.3) is 0 Å². The summed E-state index contributed by atoms with van der Waals surface area (Å²) in [6.07, 6.45) is 12.4. The molecule has 0 nitrogen and oxygen atoms in total. The van der Waals surface area contributed by atoms with Crippen molar-refractivity contribution in [2.45, 2.75) is 119 Å². The second kappa shape index (κ2) is 11.1. The van der Waals surface area contributed by atoms with E-state index in [0.717, 1.165) is 17.5 Å². The van der Waals surface area contributed by atoms with Gasteiger partial charge in [0.1, 0.15) is 0 Å². The van der Waals surface area contributed by atoms with Gasteiger partial charge in [-0.1, -0.05) is 93.9 Å². The molecule has 0 saturated heterocycles. The zero-order valence-corrected chi connectivity index (χ0v) is 18.8. The molecule has 0 aromatic rings. The van der Waals surface area contributed by atoms with Gasteiger partial charge >= 0.3 is 0 Å². The molecule has 0 aromatic heterocycles. The average molecular weight is 343 g/mol. The van der Waals surface area contributed by atoms with Gasteiger partial charge in [-0.3, -0.25) is 0 Å². The quantitative estimate of drug-likeness (QED) is 0.314. The van der Waals surface area contributed by atoms with Crippen molar-refractivity contribution in [1.82, 2.24) is 0 Å². The first kappa shape index (κ1) is 23.4. The Morgan fingerprint density at radius 2 is 1.39 bits per heavy atom. The van der Waals surface area contributed by atoms with Crippen LogP contribution >= 0.6 is 9.24 Å². The van der Waals surface area contributed by atoms with Crippen LogP contribution < -0.4 is 0 Å². The first-order chi connectivity index (χ1) is 10.6. The third kappa shape index (κ3) is 7.90. The molecule has 1 heteroatoms. The van der Waals surface area contributed by atoms with Crippen molar-refractivity contribution in [3.8, 4) is 0 Å². The molecular weight excluding hydrogens is 295 g/mol. The van der Waals surface area contributed by atoms with E-state index in [1.165, 1.54) is 57.8 Å². The minimum absolute atomic E-state index is 0.417. The lowest BCUT2D eigenvalue weighted by atomic mass is 9.63. The highest BCUT2D eigenvalue weighted by Crippen LogP contribution is 2.45. The lowest BCUT2D eigenvalue weighted by molar-refractivity contribution is 0.0836. The summed E-state index contributed by atoms with van der Waals surface area (Å²) < 4.78 is 0. The molecule has 140 valence electrons. The van der Waals surface area contributed by atoms with Crippen molar-refractivity contribution in [3.63, 3.8) is 0 Å². The number of rotatable bonds is 12. The van der Waals surface area contributed by atoms with E-state index in [1.54, 1.807) is 0 Å². The fourth-order valence-corrected chi connectivity index (χ4v) is 4.86. The van der Waals surface area contributed by atoms with Crippen molar-refractivity contribution in [1.29, 1.82) is 0 Å². The summed E-state index contributed by atoms with van der Waals surface area (Å²) in [5, 5.41) is 0. The third-order valence-corrected chi connectivity index (χ3v) is 7.48. The number of hydrogen-bond acceptors (Lipinski definition) is 0. The molecule has 0 fully saturated rings. The predicted molar refractivity (Wildman–Crippen MR) is 112 cm³/mol. The van der Waals surface area contributed by atoms with Crippen LogP contribution in [0.4, 0.5) is 0 Å². The van der Waals surface area contributed by atoms with E-state index in [1.807, 2.05) is 0 Å². The maximum atomic E-state index is 3.11. The molecular formula is C22H47P. The van der Waals surface area contributed by atoms with E-state index >= 15 is 0 Å². The summed E-state index contributed by atoms with van der Waals surface area (Å²) in [4.78, 5) is 0. The van der Waals surface area contributed by atoms with Crippen LogP contribution in [0.5, 0.6) is 0 Å². The third-order valence-electron chi connectivity index (χ3n) is 6.87. The Labute approximate surface area is 151 Å². The number of hydrogen-bond donors (Lipinski definition) is 0. The Kier molecular flexibility index (Phi) is 11.3. The van der Waals surface area contributed by atoms with E-state index in [0.29, 0.717) is 10.8 Å². The van der Waals surface area contributed by atoms with Crippen LogP contribution in [0.25, 0.3) is 0 Å². The van der Waals surface area contributed by atoms with Crippen LogP contribution in [0.15, 0.2) is 0 Å². The zero-order valence-electron chi connectivity index (χ0n) is 17.7. The highest BCUT2D eigenvalue weighted by Gasteiger charge is 2.35. The van der Waals surface area contributed by atoms with Gasteiger partial charge in [-0.15, -0.1) is 9.24 Å². The van der Waals surface area contributed by atoms with Crippen LogP contribution in [0.1, 0.15) is 113 Å². The minimum atomic E-state index is 0.417. The van der Waals surface area contributed by atoms with Crippen LogP contribution in [0.3, 0.4) is 0 Å². The highest BCUT2D eigenvalue weighted by atomic mass is 31.0. The molecule has 0 aliphatic rings. The van der Waals surface area contributed by atoms with Gasteiger partial charge in [0.15, 0.2) is 0 Å². The standard InChI is InChI=1S/C22H47P/c1-9-14-20(23)17-19(11-3)18(10-2)15-13-16-22(8,12-4)21(5,6)7/h18-20H,9-17,23H2,1-8H3/t18-,19?,20?,22?/m1/s1. The summed E-state index contributed by atoms with van der Waals surface area (Å²) >= 11 is 0. The van der Waals surface area contributed by atoms with Gasteiger partial charge in [-0.25, -0.2) is 0 Å². The van der Waals surface area contributed by atoms with Gasteiger partial charge in [-0.2, -0.15) is 0 Å². The predicted octanol–water partition coefficient (Wildman–Crippen LogP) is 8.11. The van der Waals surface area contributed by atoms with E-state index in [9.17, 15) is 0 Å². The van der Waals surface area contributed by atoms with E-state index in [2.05, 4.69) is 64.6 Å². The first-order valence-corrected chi connectivity index (χ1v) is 11.1. The van der Waals surface area contributed by atoms with Gasteiger partial charge in [0.2, 0.25) is 0 Å². The smallest absolute Gasteiger partial charge is 0.0262 e. The Bertz CT molecular complexity index is 291. The van der Waals surface area contributed by atoms with Crippen molar-refractivity contribution >= 4 is 9.24 Å². The molecule has 0 bridgehead atoms. The van der Waals surface area contributed by atoms with Crippen molar-refractivity contribution < 1.29 is 0 Å². The SMILES string of the molecule is CCCC(P)CC(CC)[C@H](CC)CCCC(C)(CC)C(C)(C)C. The van der Waals surface area contributed by atoms with Gasteiger partial charge in [0, 0.05) is 0 Å². The molecule has 0 saturated carbocycles. The summed E-state index contributed by atoms with van der Waals surface area (Å²) in [6.45, 7) is 19.3. The second-order valence-corrected chi connectivity index (χ2v) is 10.1. The highest BCUT2D eigenvalue weighted by molar-refractivity contribution is 7.17. The largest absolute Gasteiger partial charge is 0.134 e. The van der Waals surface area contributed by atoms with Crippen LogP contribution in [-0.2, 0) is 0 Å². The molecule has 0 rings (SSSR count). The van der Waals surface area contributed by atoms with Crippen molar-refractivity contribution in [2.75, 3.05) is 0 Å². The van der Waals surface area contributed by atoms with Crippen molar-refractivity contribution in [3.05, 3.63) is 0 Å². The Balaban J connectivity index is 4.57. The van der Waals surface area contributed by atoms with Crippen molar-refractivity contribution in [2.24, 2.45) is 22.7 Å². The lowest BCUT2D eigenvalue weighted by Crippen LogP contribution is -2.32. The molecule has 23 heavy (non-hydrogen) atoms. The molecule has 0 aliphatic heterocycles. The molecule has 0 spiro atoms. The van der Waals surface area contributed by atoms with Gasteiger partial charge in [-0.05, 0) is 47.6 Å². The molecule has 0 aliphatic carbocycles. The monoisotopic (exact) mass is 342 g/mol. The van der Waals surface area contributed by atoms with Gasteiger partial charge in [0.05, 0.1) is 0 Å². The van der Waals surface area contributed by atoms with E-state index < -0.39 is 0 Å². The van der Waals surface area contributed by atoms with Crippen LogP contribution in [0, 0.1) is 22.7 Å². The Hall–Kier alpha value is 0.430. The maximum Gasteiger partial charge on any atom is -0.0262 e. The van der Waals surface area contributed by atoms with Crippen LogP contribution in [-0.4, -0.2) is 5.66 Å². The normalized spacial score (nSPS) is 19.2. The molecule has 0 aromatic carbocycles. The molecule has 0 heterocycles. The average Bonchev–Trinajstić information content (AvgIpc) is 2.48. The van der Waals surface area contributed by atoms with Crippen LogP contribution in [0.2, 0.25) is 0 Å². The lowest BCUT2D eigenvalue weighted by Gasteiger charge is -2.42. The fourth-order valence-electron chi connectivity index (χ4n) is 4.18. The molecule has 0 N–H and O–H groups in total. The Morgan fingerprint density at radius 1 is 0.826 bits per heavy atom. The molecule has 0 amide bonds. The molecule has 0 radical (unpaired) electrons. The first-order valence-electron chi connectivity index (χ1n) is 10.4. The summed E-state index contributed by atoms with van der Waals surface area (Å²) in [5.41, 5.74) is 1.73. The topological polar surface area (TPSA) is 0 Å².